The van der Waals surface area contributed by atoms with Crippen LogP contribution in [0.4, 0.5) is 0 Å². The first-order valence-electron chi connectivity index (χ1n) is 10.9. The fourth-order valence-corrected chi connectivity index (χ4v) is 4.56. The summed E-state index contributed by atoms with van der Waals surface area (Å²) in [4.78, 5) is 32.4. The molecule has 2 atom stereocenters. The molecule has 7 nitrogen and oxygen atoms in total. The van der Waals surface area contributed by atoms with Crippen molar-refractivity contribution in [3.05, 3.63) is 35.0 Å². The van der Waals surface area contributed by atoms with Gasteiger partial charge < -0.3 is 14.2 Å². The summed E-state index contributed by atoms with van der Waals surface area (Å²) in [5, 5.41) is 0.329. The number of amidine groups is 1. The number of methoxy groups -OCH3 is 1. The summed E-state index contributed by atoms with van der Waals surface area (Å²) in [6.07, 6.45) is 0. The zero-order valence-electron chi connectivity index (χ0n) is 19.8. The number of hydrogen-bond acceptors (Lipinski definition) is 7. The van der Waals surface area contributed by atoms with E-state index in [9.17, 15) is 9.59 Å². The lowest BCUT2D eigenvalue weighted by molar-refractivity contribution is -0.141. The number of allylic oxidation sites excluding steroid dienone is 1. The van der Waals surface area contributed by atoms with E-state index in [4.69, 9.17) is 14.2 Å². The van der Waals surface area contributed by atoms with Crippen molar-refractivity contribution in [3.63, 3.8) is 0 Å². The number of benzene rings is 1. The molecular formula is C24H32N2O5S. The summed E-state index contributed by atoms with van der Waals surface area (Å²) < 4.78 is 17.0. The summed E-state index contributed by atoms with van der Waals surface area (Å²) in [5.41, 5.74) is 1.67. The van der Waals surface area contributed by atoms with Crippen molar-refractivity contribution in [3.8, 4) is 11.5 Å². The topological polar surface area (TPSA) is 77.4 Å². The average Bonchev–Trinajstić information content (AvgIpc) is 3.02. The van der Waals surface area contributed by atoms with Gasteiger partial charge in [0.25, 0.3) is 0 Å². The third kappa shape index (κ3) is 4.95. The van der Waals surface area contributed by atoms with Gasteiger partial charge in [-0.25, -0.2) is 9.79 Å². The van der Waals surface area contributed by atoms with E-state index in [1.807, 2.05) is 39.0 Å². The Labute approximate surface area is 194 Å². The predicted molar refractivity (Wildman–Crippen MR) is 126 cm³/mol. The molecule has 2 aliphatic heterocycles. The summed E-state index contributed by atoms with van der Waals surface area (Å²) in [6, 6.07) is 4.88. The number of hydrogen-bond donors (Lipinski definition) is 0. The molecule has 1 amide bonds. The zero-order chi connectivity index (χ0) is 23.6. The van der Waals surface area contributed by atoms with Crippen LogP contribution in [0.1, 0.15) is 53.1 Å². The Hall–Kier alpha value is -2.48. The molecule has 1 saturated heterocycles. The van der Waals surface area contributed by atoms with E-state index in [0.29, 0.717) is 47.1 Å². The number of amides is 1. The lowest BCUT2D eigenvalue weighted by Gasteiger charge is -2.33. The Morgan fingerprint density at radius 2 is 1.84 bits per heavy atom. The minimum absolute atomic E-state index is 0.0838. The third-order valence-electron chi connectivity index (χ3n) is 5.10. The van der Waals surface area contributed by atoms with Crippen molar-refractivity contribution in [1.82, 2.24) is 4.90 Å². The smallest absolute Gasteiger partial charge is 0.338 e. The molecule has 1 aromatic carbocycles. The molecule has 3 rings (SSSR count). The molecule has 1 aromatic rings. The number of fused-ring (bicyclic) bond motifs is 1. The molecule has 8 heteroatoms. The van der Waals surface area contributed by atoms with Crippen molar-refractivity contribution in [2.45, 2.75) is 52.8 Å². The SMILES string of the molecule is COc1cc(C2C(C(=O)OCC(C)C)=C(C)N=C3SC(C)C(=O)N32)ccc1OCC(C)C. The van der Waals surface area contributed by atoms with Gasteiger partial charge in [-0.3, -0.25) is 9.69 Å². The molecular weight excluding hydrogens is 428 g/mol. The Balaban J connectivity index is 2.05. The van der Waals surface area contributed by atoms with E-state index in [1.54, 1.807) is 18.9 Å². The summed E-state index contributed by atoms with van der Waals surface area (Å²) in [5.74, 6) is 1.19. The second kappa shape index (κ2) is 9.98. The molecule has 0 spiro atoms. The maximum Gasteiger partial charge on any atom is 0.338 e. The monoisotopic (exact) mass is 460 g/mol. The van der Waals surface area contributed by atoms with Crippen LogP contribution in [0.15, 0.2) is 34.5 Å². The van der Waals surface area contributed by atoms with Crippen molar-refractivity contribution < 1.29 is 23.8 Å². The summed E-state index contributed by atoms with van der Waals surface area (Å²) in [6.45, 7) is 12.6. The highest BCUT2D eigenvalue weighted by Crippen LogP contribution is 2.44. The molecule has 1 fully saturated rings. The Bertz CT molecular complexity index is 954. The van der Waals surface area contributed by atoms with Gasteiger partial charge in [0, 0.05) is 0 Å². The first kappa shape index (κ1) is 24.2. The average molecular weight is 461 g/mol. The number of carbonyl (C=O) groups excluding carboxylic acids is 2. The van der Waals surface area contributed by atoms with Crippen LogP contribution in [0.3, 0.4) is 0 Å². The molecule has 0 saturated carbocycles. The van der Waals surface area contributed by atoms with Crippen LogP contribution in [-0.4, -0.2) is 47.5 Å². The molecule has 32 heavy (non-hydrogen) atoms. The van der Waals surface area contributed by atoms with Gasteiger partial charge in [0.1, 0.15) is 0 Å². The second-order valence-electron chi connectivity index (χ2n) is 8.87. The highest BCUT2D eigenvalue weighted by Gasteiger charge is 2.46. The summed E-state index contributed by atoms with van der Waals surface area (Å²) >= 11 is 1.40. The first-order valence-corrected chi connectivity index (χ1v) is 11.8. The number of rotatable bonds is 8. The van der Waals surface area contributed by atoms with E-state index >= 15 is 0 Å². The zero-order valence-corrected chi connectivity index (χ0v) is 20.6. The van der Waals surface area contributed by atoms with Gasteiger partial charge in [0.05, 0.1) is 42.9 Å². The van der Waals surface area contributed by atoms with Gasteiger partial charge in [-0.05, 0) is 43.4 Å². The second-order valence-corrected chi connectivity index (χ2v) is 10.2. The number of thioether (sulfide) groups is 1. The Kier molecular flexibility index (Phi) is 7.54. The van der Waals surface area contributed by atoms with Crippen LogP contribution in [0.5, 0.6) is 11.5 Å². The molecule has 0 radical (unpaired) electrons. The van der Waals surface area contributed by atoms with Gasteiger partial charge in [-0.15, -0.1) is 0 Å². The number of ether oxygens (including phenoxy) is 3. The van der Waals surface area contributed by atoms with Gasteiger partial charge in [-0.2, -0.15) is 0 Å². The minimum Gasteiger partial charge on any atom is -0.493 e. The molecule has 0 bridgehead atoms. The van der Waals surface area contributed by atoms with Crippen molar-refractivity contribution in [2.75, 3.05) is 20.3 Å². The molecule has 0 aliphatic carbocycles. The van der Waals surface area contributed by atoms with Gasteiger partial charge in [-0.1, -0.05) is 45.5 Å². The van der Waals surface area contributed by atoms with E-state index in [0.717, 1.165) is 5.56 Å². The molecule has 0 aromatic heterocycles. The summed E-state index contributed by atoms with van der Waals surface area (Å²) in [7, 11) is 1.58. The number of esters is 1. The number of aliphatic imine (C=N–C) groups is 1. The van der Waals surface area contributed by atoms with Crippen molar-refractivity contribution in [2.24, 2.45) is 16.8 Å². The Morgan fingerprint density at radius 3 is 2.47 bits per heavy atom. The van der Waals surface area contributed by atoms with E-state index in [2.05, 4.69) is 18.8 Å². The molecule has 2 heterocycles. The molecule has 174 valence electrons. The highest BCUT2D eigenvalue weighted by atomic mass is 32.2. The Morgan fingerprint density at radius 1 is 1.16 bits per heavy atom. The van der Waals surface area contributed by atoms with E-state index in [-0.39, 0.29) is 17.1 Å². The van der Waals surface area contributed by atoms with Crippen LogP contribution < -0.4 is 9.47 Å². The van der Waals surface area contributed by atoms with Crippen LogP contribution >= 0.6 is 11.8 Å². The van der Waals surface area contributed by atoms with Gasteiger partial charge in [0.15, 0.2) is 16.7 Å². The molecule has 2 aliphatic rings. The highest BCUT2D eigenvalue weighted by molar-refractivity contribution is 8.15. The van der Waals surface area contributed by atoms with Crippen LogP contribution in [-0.2, 0) is 14.3 Å². The van der Waals surface area contributed by atoms with Gasteiger partial charge >= 0.3 is 5.97 Å². The van der Waals surface area contributed by atoms with Crippen molar-refractivity contribution >= 4 is 28.8 Å². The lowest BCUT2D eigenvalue weighted by atomic mass is 9.94. The minimum atomic E-state index is -0.639. The normalized spacial score (nSPS) is 20.6. The fraction of sp³-hybridized carbons (Fsp3) is 0.542. The third-order valence-corrected chi connectivity index (χ3v) is 6.16. The van der Waals surface area contributed by atoms with Gasteiger partial charge in [0.2, 0.25) is 5.91 Å². The number of nitrogens with zero attached hydrogens (tertiary/aromatic N) is 2. The predicted octanol–water partition coefficient (Wildman–Crippen LogP) is 4.58. The molecule has 0 N–H and O–H groups in total. The first-order chi connectivity index (χ1) is 15.1. The standard InChI is InChI=1S/C24H32N2O5S/c1-13(2)11-30-18-9-8-17(10-19(18)29-7)21-20(23(28)31-12-14(3)4)15(5)25-24-26(21)22(27)16(6)32-24/h8-10,13-14,16,21H,11-12H2,1-7H3. The van der Waals surface area contributed by atoms with Crippen LogP contribution in [0, 0.1) is 11.8 Å². The lowest BCUT2D eigenvalue weighted by Crippen LogP contribution is -2.40. The largest absolute Gasteiger partial charge is 0.493 e. The fourth-order valence-electron chi connectivity index (χ4n) is 3.53. The van der Waals surface area contributed by atoms with E-state index < -0.39 is 12.0 Å². The van der Waals surface area contributed by atoms with Crippen LogP contribution in [0.25, 0.3) is 0 Å². The number of carbonyl (C=O) groups is 2. The quantitative estimate of drug-likeness (QED) is 0.529. The van der Waals surface area contributed by atoms with Crippen molar-refractivity contribution in [1.29, 1.82) is 0 Å². The maximum absolute atomic E-state index is 13.1. The van der Waals surface area contributed by atoms with Crippen LogP contribution in [0.2, 0.25) is 0 Å². The molecule has 2 unspecified atom stereocenters. The maximum atomic E-state index is 13.1. The van der Waals surface area contributed by atoms with E-state index in [1.165, 1.54) is 11.8 Å².